The van der Waals surface area contributed by atoms with Crippen LogP contribution in [0.25, 0.3) is 0 Å². The summed E-state index contributed by atoms with van der Waals surface area (Å²) in [6, 6.07) is 1.39. The molecular weight excluding hydrogens is 601 g/mol. The molecule has 0 aliphatic heterocycles. The summed E-state index contributed by atoms with van der Waals surface area (Å²) in [7, 11) is -8.64. The number of aromatic nitrogens is 2. The number of nitrogens with zero attached hydrogens (tertiary/aromatic N) is 2. The van der Waals surface area contributed by atoms with E-state index in [1.165, 1.54) is 13.4 Å². The van der Waals surface area contributed by atoms with Crippen molar-refractivity contribution in [1.82, 2.24) is 15.3 Å². The Morgan fingerprint density at radius 1 is 1.00 bits per heavy atom. The van der Waals surface area contributed by atoms with E-state index in [4.69, 9.17) is 4.74 Å². The minimum absolute atomic E-state index is 0.0343. The van der Waals surface area contributed by atoms with Crippen LogP contribution in [-0.4, -0.2) is 52.1 Å². The van der Waals surface area contributed by atoms with E-state index in [0.29, 0.717) is 44.9 Å². The molecule has 3 saturated carbocycles. The quantitative estimate of drug-likeness (QED) is 0.247. The summed E-state index contributed by atoms with van der Waals surface area (Å²) in [5, 5.41) is 17.8. The topological polar surface area (TPSA) is 143 Å². The summed E-state index contributed by atoms with van der Waals surface area (Å²) in [4.78, 5) is 44.7. The lowest BCUT2D eigenvalue weighted by atomic mass is 9.83. The summed E-state index contributed by atoms with van der Waals surface area (Å²) < 4.78 is 72.0. The van der Waals surface area contributed by atoms with Crippen molar-refractivity contribution in [3.8, 4) is 5.88 Å². The Balaban J connectivity index is 1.36. The molecule has 3 aliphatic rings. The Kier molecular flexibility index (Phi) is 7.50. The molecule has 5 rings (SSSR count). The first kappa shape index (κ1) is 30.8. The molecule has 43 heavy (non-hydrogen) atoms. The van der Waals surface area contributed by atoms with Gasteiger partial charge in [0.1, 0.15) is 22.6 Å². The number of carboxylic acids is 1. The minimum atomic E-state index is -9.96. The average molecular weight is 634 g/mol. The van der Waals surface area contributed by atoms with Crippen LogP contribution in [0, 0.1) is 23.7 Å². The highest BCUT2D eigenvalue weighted by atomic mass is 32.5. The zero-order chi connectivity index (χ0) is 31.2. The van der Waals surface area contributed by atoms with Crippen LogP contribution in [0.5, 0.6) is 5.88 Å². The first-order valence-corrected chi connectivity index (χ1v) is 15.8. The van der Waals surface area contributed by atoms with Gasteiger partial charge in [-0.3, -0.25) is 14.4 Å². The third-order valence-electron chi connectivity index (χ3n) is 8.66. The van der Waals surface area contributed by atoms with Crippen LogP contribution in [0.1, 0.15) is 55.3 Å². The molecule has 3 fully saturated rings. The highest BCUT2D eigenvalue weighted by Crippen LogP contribution is 3.02. The van der Waals surface area contributed by atoms with E-state index in [1.807, 2.05) is 0 Å². The van der Waals surface area contributed by atoms with Crippen LogP contribution in [-0.2, 0) is 9.59 Å². The number of amides is 2. The number of carbonyl (C=O) groups is 3. The molecule has 1 aromatic heterocycles. The molecule has 16 heteroatoms. The molecule has 236 valence electrons. The van der Waals surface area contributed by atoms with E-state index < -0.39 is 56.5 Å². The molecule has 2 bridgehead atoms. The van der Waals surface area contributed by atoms with Crippen molar-refractivity contribution in [3.05, 3.63) is 36.2 Å². The Bertz CT molecular complexity index is 1450. The van der Waals surface area contributed by atoms with Gasteiger partial charge < -0.3 is 25.8 Å². The lowest BCUT2D eigenvalue weighted by Crippen LogP contribution is -2.48. The van der Waals surface area contributed by atoms with E-state index in [9.17, 15) is 38.9 Å². The maximum atomic E-state index is 13.7. The number of ether oxygens (including phenoxy) is 1. The van der Waals surface area contributed by atoms with Crippen molar-refractivity contribution in [1.29, 1.82) is 0 Å². The summed E-state index contributed by atoms with van der Waals surface area (Å²) in [5.74, 6) is -3.77. The smallest absolute Gasteiger partial charge is 0.310 e. The summed E-state index contributed by atoms with van der Waals surface area (Å²) >= 11 is 0. The normalized spacial score (nSPS) is 28.3. The predicted molar refractivity (Wildman–Crippen MR) is 148 cm³/mol. The van der Waals surface area contributed by atoms with Crippen LogP contribution < -0.4 is 20.7 Å². The molecule has 2 amide bonds. The van der Waals surface area contributed by atoms with Gasteiger partial charge in [-0.1, -0.05) is 31.9 Å². The molecule has 2 aromatic rings. The van der Waals surface area contributed by atoms with E-state index >= 15 is 0 Å². The van der Waals surface area contributed by atoms with Crippen molar-refractivity contribution in [2.45, 2.75) is 61.9 Å². The fourth-order valence-corrected chi connectivity index (χ4v) is 7.40. The molecule has 1 aromatic carbocycles. The Labute approximate surface area is 243 Å². The van der Waals surface area contributed by atoms with E-state index in [-0.39, 0.29) is 47.3 Å². The van der Waals surface area contributed by atoms with Crippen molar-refractivity contribution in [2.24, 2.45) is 23.7 Å². The predicted octanol–water partition coefficient (Wildman–Crippen LogP) is 5.98. The van der Waals surface area contributed by atoms with Crippen molar-refractivity contribution in [2.75, 3.05) is 17.7 Å². The molecule has 10 nitrogen and oxygen atoms in total. The number of hydrogen-bond acceptors (Lipinski definition) is 7. The van der Waals surface area contributed by atoms with Crippen molar-refractivity contribution < 1.29 is 43.7 Å². The number of carboxylic acid groups (broad SMARTS) is 1. The van der Waals surface area contributed by atoms with Gasteiger partial charge in [0.15, 0.2) is 0 Å². The van der Waals surface area contributed by atoms with Gasteiger partial charge in [-0.15, -0.1) is 0 Å². The van der Waals surface area contributed by atoms with Gasteiger partial charge in [0.25, 0.3) is 5.91 Å². The first-order valence-electron chi connectivity index (χ1n) is 13.9. The zero-order valence-corrected chi connectivity index (χ0v) is 23.9. The third-order valence-corrected chi connectivity index (χ3v) is 9.81. The Hall–Kier alpha value is -3.69. The number of methoxy groups -OCH3 is 1. The number of anilines is 2. The van der Waals surface area contributed by atoms with Crippen molar-refractivity contribution in [3.63, 3.8) is 0 Å². The number of carbonyl (C=O) groups excluding carboxylic acids is 2. The second kappa shape index (κ2) is 10.5. The number of halogens is 5. The van der Waals surface area contributed by atoms with Gasteiger partial charge in [-0.2, -0.15) is 0 Å². The molecule has 1 heterocycles. The van der Waals surface area contributed by atoms with Crippen LogP contribution >= 0.6 is 10.2 Å². The molecule has 0 spiro atoms. The Morgan fingerprint density at radius 2 is 1.74 bits per heavy atom. The molecule has 0 radical (unpaired) electrons. The number of fused-ring (bicyclic) bond motifs is 2. The summed E-state index contributed by atoms with van der Waals surface area (Å²) in [6.45, 7) is 0. The van der Waals surface area contributed by atoms with E-state index in [2.05, 4.69) is 25.9 Å². The SMILES string of the molecule is COc1ncnc(NC2CCCC(C(=O)O)C2)c1C(=O)NC1C2CCC(C2)C1C(=O)Nc1cccc(S(F)(F)(F)(F)F)c1. The average Bonchev–Trinajstić information content (AvgIpc) is 3.54. The third kappa shape index (κ3) is 6.63. The lowest BCUT2D eigenvalue weighted by Gasteiger charge is -2.40. The lowest BCUT2D eigenvalue weighted by molar-refractivity contribution is -0.142. The molecule has 6 unspecified atom stereocenters. The fourth-order valence-electron chi connectivity index (χ4n) is 6.72. The number of nitrogens with one attached hydrogen (secondary N) is 3. The first-order chi connectivity index (χ1) is 20.0. The van der Waals surface area contributed by atoms with E-state index in [0.717, 1.165) is 12.1 Å². The maximum Gasteiger partial charge on any atom is 0.310 e. The number of rotatable bonds is 9. The zero-order valence-electron chi connectivity index (χ0n) is 23.1. The number of aliphatic carboxylic acids is 1. The highest BCUT2D eigenvalue weighted by molar-refractivity contribution is 8.45. The Morgan fingerprint density at radius 3 is 2.44 bits per heavy atom. The van der Waals surface area contributed by atoms with Gasteiger partial charge in [-0.05, 0) is 68.6 Å². The van der Waals surface area contributed by atoms with Crippen LogP contribution in [0.3, 0.4) is 0 Å². The van der Waals surface area contributed by atoms with Gasteiger partial charge in [0.05, 0.1) is 18.9 Å². The second-order valence-corrected chi connectivity index (χ2v) is 13.9. The van der Waals surface area contributed by atoms with Crippen LogP contribution in [0.15, 0.2) is 35.5 Å². The van der Waals surface area contributed by atoms with Crippen LogP contribution in [0.4, 0.5) is 30.9 Å². The monoisotopic (exact) mass is 633 g/mol. The van der Waals surface area contributed by atoms with Crippen molar-refractivity contribution >= 4 is 39.5 Å². The van der Waals surface area contributed by atoms with Gasteiger partial charge in [0.2, 0.25) is 11.8 Å². The molecular formula is C27H32F5N5O5S. The van der Waals surface area contributed by atoms with Gasteiger partial charge in [0, 0.05) is 17.8 Å². The largest absolute Gasteiger partial charge is 0.481 e. The summed E-state index contributed by atoms with van der Waals surface area (Å²) in [6.07, 6.45) is 5.39. The minimum Gasteiger partial charge on any atom is -0.481 e. The molecule has 4 N–H and O–H groups in total. The maximum absolute atomic E-state index is 13.7. The molecule has 6 atom stereocenters. The summed E-state index contributed by atoms with van der Waals surface area (Å²) in [5.41, 5.74) is -0.465. The standard InChI is InChI=1S/C27H32F5N5O5S/c1-42-26-21(23(33-13-34-26)35-17-5-2-4-16(11-17)27(40)41)25(39)37-22-15-9-8-14(10-15)20(22)24(38)36-18-6-3-7-19(12-18)43(28,29,30,31)32/h3,6-7,12-17,20,22H,2,4-5,8-11H2,1H3,(H,36,38)(H,37,39)(H,40,41)(H,33,34,35). The van der Waals surface area contributed by atoms with Crippen LogP contribution in [0.2, 0.25) is 0 Å². The second-order valence-electron chi connectivity index (χ2n) is 11.5. The number of hydrogen-bond donors (Lipinski definition) is 4. The number of benzene rings is 1. The fraction of sp³-hybridized carbons (Fsp3) is 0.519. The van der Waals surface area contributed by atoms with Gasteiger partial charge >= 0.3 is 16.2 Å². The molecule has 3 aliphatic carbocycles. The highest BCUT2D eigenvalue weighted by Gasteiger charge is 2.65. The molecule has 0 saturated heterocycles. The van der Waals surface area contributed by atoms with E-state index in [1.54, 1.807) is 0 Å². The van der Waals surface area contributed by atoms with Gasteiger partial charge in [-0.25, -0.2) is 9.97 Å².